The Morgan fingerprint density at radius 2 is 2.00 bits per heavy atom. The first-order valence-corrected chi connectivity index (χ1v) is 7.87. The summed E-state index contributed by atoms with van der Waals surface area (Å²) < 4.78 is 4.23. The molecule has 2 rings (SSSR count). The van der Waals surface area contributed by atoms with Gasteiger partial charge >= 0.3 is 0 Å². The zero-order chi connectivity index (χ0) is 15.4. The van der Waals surface area contributed by atoms with E-state index in [0.29, 0.717) is 22.7 Å². The van der Waals surface area contributed by atoms with Crippen LogP contribution in [0.4, 0.5) is 0 Å². The monoisotopic (exact) mass is 306 g/mol. The summed E-state index contributed by atoms with van der Waals surface area (Å²) in [5, 5.41) is 6.99. The van der Waals surface area contributed by atoms with Crippen molar-refractivity contribution < 1.29 is 0 Å². The number of aromatic nitrogens is 4. The van der Waals surface area contributed by atoms with E-state index in [1.165, 1.54) is 0 Å². The lowest BCUT2D eigenvalue weighted by atomic mass is 10.2. The summed E-state index contributed by atoms with van der Waals surface area (Å²) in [5.74, 6) is 0.622. The zero-order valence-electron chi connectivity index (χ0n) is 12.8. The van der Waals surface area contributed by atoms with Crippen LogP contribution in [0.3, 0.4) is 0 Å². The molecular formula is C15H22N4OS. The molecule has 0 saturated carbocycles. The Hall–Kier alpha value is -1.69. The lowest BCUT2D eigenvalue weighted by molar-refractivity contribution is 0.576. The van der Waals surface area contributed by atoms with Crippen LogP contribution in [0.5, 0.6) is 0 Å². The third kappa shape index (κ3) is 3.15. The molecule has 0 atom stereocenters. The summed E-state index contributed by atoms with van der Waals surface area (Å²) in [5.41, 5.74) is 1.60. The highest BCUT2D eigenvalue weighted by Gasteiger charge is 2.14. The highest BCUT2D eigenvalue weighted by atomic mass is 32.1. The number of aromatic amines is 1. The molecule has 0 aliphatic heterocycles. The van der Waals surface area contributed by atoms with Gasteiger partial charge in [-0.05, 0) is 44.6 Å². The molecular weight excluding hydrogens is 284 g/mol. The van der Waals surface area contributed by atoms with Gasteiger partial charge in [0, 0.05) is 18.8 Å². The Morgan fingerprint density at radius 3 is 2.67 bits per heavy atom. The molecule has 0 saturated heterocycles. The minimum absolute atomic E-state index is 0.00908. The second-order valence-electron chi connectivity index (χ2n) is 5.15. The van der Waals surface area contributed by atoms with Crippen LogP contribution in [0.1, 0.15) is 38.8 Å². The minimum Gasteiger partial charge on any atom is -0.312 e. The van der Waals surface area contributed by atoms with Crippen LogP contribution in [0, 0.1) is 11.7 Å². The van der Waals surface area contributed by atoms with Crippen molar-refractivity contribution in [2.45, 2.75) is 53.1 Å². The van der Waals surface area contributed by atoms with Gasteiger partial charge in [0.1, 0.15) is 0 Å². The Bertz CT molecular complexity index is 726. The molecule has 5 nitrogen and oxygen atoms in total. The maximum Gasteiger partial charge on any atom is 0.261 e. The van der Waals surface area contributed by atoms with Crippen molar-refractivity contribution in [1.82, 2.24) is 19.3 Å². The fourth-order valence-corrected chi connectivity index (χ4v) is 2.72. The smallest absolute Gasteiger partial charge is 0.261 e. The van der Waals surface area contributed by atoms with Gasteiger partial charge in [0.2, 0.25) is 0 Å². The molecule has 1 N–H and O–H groups in total. The van der Waals surface area contributed by atoms with Gasteiger partial charge in [-0.2, -0.15) is 5.10 Å². The fraction of sp³-hybridized carbons (Fsp3) is 0.533. The number of aryl methyl sites for hydroxylation is 1. The Kier molecular flexibility index (Phi) is 5.12. The Labute approximate surface area is 129 Å². The molecule has 2 heterocycles. The maximum absolute atomic E-state index is 12.7. The number of hydrogen-bond donors (Lipinski definition) is 1. The number of H-pyrrole nitrogens is 1. The van der Waals surface area contributed by atoms with E-state index in [-0.39, 0.29) is 5.56 Å². The van der Waals surface area contributed by atoms with Crippen molar-refractivity contribution in [3.63, 3.8) is 0 Å². The van der Waals surface area contributed by atoms with Crippen LogP contribution in [0.2, 0.25) is 0 Å². The van der Waals surface area contributed by atoms with Crippen molar-refractivity contribution in [2.24, 2.45) is 0 Å². The number of rotatable bonds is 6. The third-order valence-corrected chi connectivity index (χ3v) is 4.00. The minimum atomic E-state index is 0.00908. The average molecular weight is 306 g/mol. The topological polar surface area (TPSA) is 55.6 Å². The first-order chi connectivity index (χ1) is 10.1. The first-order valence-electron chi connectivity index (χ1n) is 7.46. The lowest BCUT2D eigenvalue weighted by Crippen LogP contribution is -2.24. The average Bonchev–Trinajstić information content (AvgIpc) is 2.83. The second kappa shape index (κ2) is 6.85. The van der Waals surface area contributed by atoms with Crippen molar-refractivity contribution in [1.29, 1.82) is 0 Å². The van der Waals surface area contributed by atoms with Crippen molar-refractivity contribution >= 4 is 12.2 Å². The highest BCUT2D eigenvalue weighted by molar-refractivity contribution is 7.71. The number of nitrogens with one attached hydrogen (secondary N) is 1. The van der Waals surface area contributed by atoms with Crippen LogP contribution in [-0.2, 0) is 13.1 Å². The van der Waals surface area contributed by atoms with Gasteiger partial charge in [-0.25, -0.2) is 0 Å². The third-order valence-electron chi connectivity index (χ3n) is 3.69. The molecule has 0 spiro atoms. The van der Waals surface area contributed by atoms with Crippen molar-refractivity contribution in [2.75, 3.05) is 0 Å². The Morgan fingerprint density at radius 1 is 1.24 bits per heavy atom. The second-order valence-corrected chi connectivity index (χ2v) is 5.54. The van der Waals surface area contributed by atoms with Crippen molar-refractivity contribution in [3.05, 3.63) is 33.0 Å². The molecule has 0 radical (unpaired) electrons. The zero-order valence-corrected chi connectivity index (χ0v) is 13.7. The molecule has 2 aromatic heterocycles. The summed E-state index contributed by atoms with van der Waals surface area (Å²) in [7, 11) is 0. The molecule has 0 aliphatic rings. The van der Waals surface area contributed by atoms with Crippen LogP contribution in [-0.4, -0.2) is 19.3 Å². The Balaban J connectivity index is 2.48. The molecule has 0 aromatic carbocycles. The van der Waals surface area contributed by atoms with E-state index in [0.717, 1.165) is 31.5 Å². The molecule has 0 fully saturated rings. The number of unbranched alkanes of at least 4 members (excludes halogenated alkanes) is 2. The normalized spacial score (nSPS) is 11.0. The van der Waals surface area contributed by atoms with E-state index in [4.69, 9.17) is 12.2 Å². The van der Waals surface area contributed by atoms with Gasteiger partial charge in [0.15, 0.2) is 10.6 Å². The summed E-state index contributed by atoms with van der Waals surface area (Å²) >= 11 is 5.20. The lowest BCUT2D eigenvalue weighted by Gasteiger charge is -2.12. The fourth-order valence-electron chi connectivity index (χ4n) is 2.46. The molecule has 0 bridgehead atoms. The molecule has 0 amide bonds. The number of pyridine rings is 1. The van der Waals surface area contributed by atoms with E-state index in [1.807, 2.05) is 35.1 Å². The molecule has 0 aliphatic carbocycles. The summed E-state index contributed by atoms with van der Waals surface area (Å²) in [6.45, 7) is 7.55. The molecule has 21 heavy (non-hydrogen) atoms. The maximum atomic E-state index is 12.7. The predicted molar refractivity (Wildman–Crippen MR) is 87.0 cm³/mol. The van der Waals surface area contributed by atoms with Crippen LogP contribution in [0.25, 0.3) is 11.4 Å². The standard InChI is InChI=1S/C15H22N4OS/c1-4-6-7-10-19-11(3)8-9-12(14(19)20)13-16-17-15(21)18(13)5-2/h8-9H,4-7,10H2,1-3H3,(H,17,21). The van der Waals surface area contributed by atoms with Crippen LogP contribution < -0.4 is 5.56 Å². The molecule has 0 unspecified atom stereocenters. The molecule has 6 heteroatoms. The largest absolute Gasteiger partial charge is 0.312 e. The SMILES string of the molecule is CCCCCn1c(C)ccc(-c2n[nH]c(=S)n2CC)c1=O. The van der Waals surface area contributed by atoms with Gasteiger partial charge in [-0.15, -0.1) is 0 Å². The highest BCUT2D eigenvalue weighted by Crippen LogP contribution is 2.14. The first kappa shape index (κ1) is 15.7. The number of nitrogens with zero attached hydrogens (tertiary/aromatic N) is 3. The van der Waals surface area contributed by atoms with Crippen LogP contribution in [0.15, 0.2) is 16.9 Å². The summed E-state index contributed by atoms with van der Waals surface area (Å²) in [6.07, 6.45) is 3.28. The predicted octanol–water partition coefficient (Wildman–Crippen LogP) is 3.29. The quantitative estimate of drug-likeness (QED) is 0.658. The summed E-state index contributed by atoms with van der Waals surface area (Å²) in [6, 6.07) is 3.81. The van der Waals surface area contributed by atoms with Gasteiger partial charge in [0.25, 0.3) is 5.56 Å². The van der Waals surface area contributed by atoms with Gasteiger partial charge in [-0.3, -0.25) is 9.89 Å². The van der Waals surface area contributed by atoms with Gasteiger partial charge in [0.05, 0.1) is 5.56 Å². The molecule has 114 valence electrons. The van der Waals surface area contributed by atoms with Gasteiger partial charge < -0.3 is 9.13 Å². The van der Waals surface area contributed by atoms with E-state index in [2.05, 4.69) is 17.1 Å². The van der Waals surface area contributed by atoms with E-state index in [9.17, 15) is 4.79 Å². The molecule has 2 aromatic rings. The summed E-state index contributed by atoms with van der Waals surface area (Å²) in [4.78, 5) is 12.7. The van der Waals surface area contributed by atoms with E-state index < -0.39 is 0 Å². The van der Waals surface area contributed by atoms with Crippen LogP contribution >= 0.6 is 12.2 Å². The van der Waals surface area contributed by atoms with Gasteiger partial charge in [-0.1, -0.05) is 19.8 Å². The number of hydrogen-bond acceptors (Lipinski definition) is 3. The van der Waals surface area contributed by atoms with E-state index in [1.54, 1.807) is 0 Å². The van der Waals surface area contributed by atoms with E-state index >= 15 is 0 Å². The van der Waals surface area contributed by atoms with Crippen molar-refractivity contribution in [3.8, 4) is 11.4 Å².